The van der Waals surface area contributed by atoms with Crippen molar-refractivity contribution in [2.24, 2.45) is 0 Å². The van der Waals surface area contributed by atoms with Crippen molar-refractivity contribution in [2.75, 3.05) is 10.6 Å². The van der Waals surface area contributed by atoms with Crippen LogP contribution in [0.15, 0.2) is 42.5 Å². The van der Waals surface area contributed by atoms with Gasteiger partial charge in [0.25, 0.3) is 11.8 Å². The Morgan fingerprint density at radius 1 is 0.952 bits per heavy atom. The summed E-state index contributed by atoms with van der Waals surface area (Å²) >= 11 is 0. The smallest absolute Gasteiger partial charge is 0.275 e. The van der Waals surface area contributed by atoms with Gasteiger partial charge in [0.15, 0.2) is 0 Å². The van der Waals surface area contributed by atoms with E-state index in [-0.39, 0.29) is 11.8 Å². The molecule has 2 aromatic carbocycles. The summed E-state index contributed by atoms with van der Waals surface area (Å²) in [7, 11) is 0. The zero-order chi connectivity index (χ0) is 14.6. The second-order valence-electron chi connectivity index (χ2n) is 5.38. The summed E-state index contributed by atoms with van der Waals surface area (Å²) in [4.78, 5) is 24.8. The fourth-order valence-electron chi connectivity index (χ4n) is 2.92. The minimum absolute atomic E-state index is 0.256. The predicted octanol–water partition coefficient (Wildman–Crippen LogP) is 1.96. The van der Waals surface area contributed by atoms with Crippen LogP contribution in [-0.2, 0) is 10.5 Å². The van der Waals surface area contributed by atoms with Gasteiger partial charge >= 0.3 is 0 Å². The molecule has 1 atom stereocenters. The van der Waals surface area contributed by atoms with E-state index in [1.807, 2.05) is 31.2 Å². The molecule has 21 heavy (non-hydrogen) atoms. The Morgan fingerprint density at radius 2 is 1.76 bits per heavy atom. The third-order valence-electron chi connectivity index (χ3n) is 3.96. The summed E-state index contributed by atoms with van der Waals surface area (Å²) in [6.45, 7) is 1.95. The first-order valence-corrected chi connectivity index (χ1v) is 6.72. The van der Waals surface area contributed by atoms with Crippen LogP contribution in [-0.4, -0.2) is 11.8 Å². The maximum atomic E-state index is 12.5. The number of aryl methyl sites for hydroxylation is 1. The van der Waals surface area contributed by atoms with Gasteiger partial charge in [0.1, 0.15) is 0 Å². The molecule has 0 saturated heterocycles. The summed E-state index contributed by atoms with van der Waals surface area (Å²) in [6.07, 6.45) is 0. The Labute approximate surface area is 121 Å². The van der Waals surface area contributed by atoms with Crippen LogP contribution in [0.25, 0.3) is 0 Å². The Balaban J connectivity index is 1.93. The summed E-state index contributed by atoms with van der Waals surface area (Å²) < 4.78 is 0. The maximum Gasteiger partial charge on any atom is 0.275 e. The summed E-state index contributed by atoms with van der Waals surface area (Å²) in [6, 6.07) is 12.9. The van der Waals surface area contributed by atoms with E-state index in [1.54, 1.807) is 18.2 Å². The van der Waals surface area contributed by atoms with Gasteiger partial charge in [0.05, 0.1) is 5.56 Å². The number of carbonyl (C=O) groups is 2. The van der Waals surface area contributed by atoms with Crippen molar-refractivity contribution in [3.63, 3.8) is 0 Å². The Morgan fingerprint density at radius 3 is 2.62 bits per heavy atom. The largest absolute Gasteiger partial charge is 0.350 e. The molecule has 4 rings (SSSR count). The molecular formula is C16H13N3O2. The number of fused-ring (bicyclic) bond motifs is 3. The molecule has 2 heterocycles. The second-order valence-corrected chi connectivity index (χ2v) is 5.38. The molecule has 5 nitrogen and oxygen atoms in total. The van der Waals surface area contributed by atoms with Gasteiger partial charge in [-0.1, -0.05) is 23.8 Å². The van der Waals surface area contributed by atoms with E-state index in [1.165, 1.54) is 0 Å². The lowest BCUT2D eigenvalue weighted by Gasteiger charge is -2.35. The minimum Gasteiger partial charge on any atom is -0.350 e. The Hall–Kier alpha value is -2.82. The molecule has 1 spiro atoms. The van der Waals surface area contributed by atoms with Crippen molar-refractivity contribution >= 4 is 23.2 Å². The van der Waals surface area contributed by atoms with Gasteiger partial charge in [-0.25, -0.2) is 0 Å². The molecule has 2 aliphatic rings. The van der Waals surface area contributed by atoms with Gasteiger partial charge in [0, 0.05) is 16.9 Å². The molecule has 2 aromatic rings. The molecule has 0 bridgehead atoms. The van der Waals surface area contributed by atoms with E-state index >= 15 is 0 Å². The maximum absolute atomic E-state index is 12.5. The molecule has 5 heteroatoms. The molecule has 0 saturated carbocycles. The van der Waals surface area contributed by atoms with Crippen LogP contribution in [0.5, 0.6) is 0 Å². The molecule has 104 valence electrons. The molecule has 2 aliphatic heterocycles. The van der Waals surface area contributed by atoms with Crippen LogP contribution >= 0.6 is 0 Å². The van der Waals surface area contributed by atoms with Crippen LogP contribution in [0.2, 0.25) is 0 Å². The van der Waals surface area contributed by atoms with E-state index < -0.39 is 5.66 Å². The molecule has 0 aromatic heterocycles. The van der Waals surface area contributed by atoms with Gasteiger partial charge in [-0.15, -0.1) is 0 Å². The molecule has 0 unspecified atom stereocenters. The highest BCUT2D eigenvalue weighted by Crippen LogP contribution is 2.40. The van der Waals surface area contributed by atoms with Gasteiger partial charge in [-0.3, -0.25) is 9.59 Å². The monoisotopic (exact) mass is 279 g/mol. The lowest BCUT2D eigenvalue weighted by molar-refractivity contribution is -0.120. The second kappa shape index (κ2) is 3.85. The normalized spacial score (nSPS) is 22.1. The standard InChI is InChI=1S/C16H13N3O2/c1-9-6-7-13-11(8-9)16(15(21)17-13)18-12-5-3-2-4-10(12)14(20)19-16/h2-8,18H,1H3,(H,17,21)(H,19,20)/t16-/m0/s1. The molecular weight excluding hydrogens is 266 g/mol. The topological polar surface area (TPSA) is 70.2 Å². The molecule has 0 radical (unpaired) electrons. The zero-order valence-corrected chi connectivity index (χ0v) is 11.4. The number of anilines is 2. The fourth-order valence-corrected chi connectivity index (χ4v) is 2.92. The molecule has 2 amide bonds. The summed E-state index contributed by atoms with van der Waals surface area (Å²) in [5.41, 5.74) is 2.46. The van der Waals surface area contributed by atoms with Gasteiger partial charge in [0.2, 0.25) is 5.66 Å². The van der Waals surface area contributed by atoms with Crippen molar-refractivity contribution in [3.05, 3.63) is 59.2 Å². The molecule has 0 fully saturated rings. The van der Waals surface area contributed by atoms with Crippen LogP contribution in [0.1, 0.15) is 21.5 Å². The van der Waals surface area contributed by atoms with E-state index in [4.69, 9.17) is 0 Å². The number of para-hydroxylation sites is 1. The summed E-state index contributed by atoms with van der Waals surface area (Å²) in [5, 5.41) is 8.83. The highest BCUT2D eigenvalue weighted by atomic mass is 16.2. The number of carbonyl (C=O) groups excluding carboxylic acids is 2. The number of benzene rings is 2. The lowest BCUT2D eigenvalue weighted by Crippen LogP contribution is -2.59. The quantitative estimate of drug-likeness (QED) is 0.690. The van der Waals surface area contributed by atoms with Crippen LogP contribution in [0.4, 0.5) is 11.4 Å². The van der Waals surface area contributed by atoms with Crippen molar-refractivity contribution in [1.29, 1.82) is 0 Å². The predicted molar refractivity (Wildman–Crippen MR) is 79.0 cm³/mol. The van der Waals surface area contributed by atoms with E-state index in [2.05, 4.69) is 16.0 Å². The number of nitrogens with one attached hydrogen (secondary N) is 3. The first-order valence-electron chi connectivity index (χ1n) is 6.72. The van der Waals surface area contributed by atoms with Crippen LogP contribution in [0, 0.1) is 6.92 Å². The van der Waals surface area contributed by atoms with Crippen molar-refractivity contribution in [3.8, 4) is 0 Å². The van der Waals surface area contributed by atoms with Gasteiger partial charge in [-0.2, -0.15) is 0 Å². The number of hydrogen-bond acceptors (Lipinski definition) is 3. The first kappa shape index (κ1) is 12.0. The molecule has 3 N–H and O–H groups in total. The highest BCUT2D eigenvalue weighted by molar-refractivity contribution is 6.14. The Kier molecular flexibility index (Phi) is 2.19. The number of rotatable bonds is 0. The van der Waals surface area contributed by atoms with Crippen LogP contribution < -0.4 is 16.0 Å². The third kappa shape index (κ3) is 1.51. The van der Waals surface area contributed by atoms with Crippen molar-refractivity contribution in [2.45, 2.75) is 12.6 Å². The highest BCUT2D eigenvalue weighted by Gasteiger charge is 2.51. The number of amides is 2. The molecule has 0 aliphatic carbocycles. The summed E-state index contributed by atoms with van der Waals surface area (Å²) in [5.74, 6) is -0.528. The van der Waals surface area contributed by atoms with Gasteiger partial charge < -0.3 is 16.0 Å². The van der Waals surface area contributed by atoms with E-state index in [9.17, 15) is 9.59 Å². The Bertz CT molecular complexity index is 800. The number of hydrogen-bond donors (Lipinski definition) is 3. The van der Waals surface area contributed by atoms with E-state index in [0.717, 1.165) is 16.8 Å². The average Bonchev–Trinajstić information content (AvgIpc) is 2.72. The lowest BCUT2D eigenvalue weighted by atomic mass is 9.94. The minimum atomic E-state index is -1.23. The SMILES string of the molecule is Cc1ccc2c(c1)[C@]1(NC(=O)c3ccccc3N1)C(=O)N2. The third-order valence-corrected chi connectivity index (χ3v) is 3.96. The first-order chi connectivity index (χ1) is 10.1. The average molecular weight is 279 g/mol. The fraction of sp³-hybridized carbons (Fsp3) is 0.125. The van der Waals surface area contributed by atoms with Crippen molar-refractivity contribution in [1.82, 2.24) is 5.32 Å². The van der Waals surface area contributed by atoms with Gasteiger partial charge in [-0.05, 0) is 31.2 Å². The van der Waals surface area contributed by atoms with Crippen LogP contribution in [0.3, 0.4) is 0 Å². The van der Waals surface area contributed by atoms with E-state index in [0.29, 0.717) is 11.3 Å². The zero-order valence-electron chi connectivity index (χ0n) is 11.4. The van der Waals surface area contributed by atoms with Crippen molar-refractivity contribution < 1.29 is 9.59 Å².